The fourth-order valence-corrected chi connectivity index (χ4v) is 4.96. The van der Waals surface area contributed by atoms with Gasteiger partial charge in [-0.3, -0.25) is 14.8 Å². The van der Waals surface area contributed by atoms with E-state index in [2.05, 4.69) is 15.8 Å². The van der Waals surface area contributed by atoms with E-state index in [0.29, 0.717) is 48.1 Å². The van der Waals surface area contributed by atoms with Gasteiger partial charge in [-0.15, -0.1) is 0 Å². The lowest BCUT2D eigenvalue weighted by atomic mass is 9.95. The molecule has 0 atom stereocenters. The van der Waals surface area contributed by atoms with E-state index in [1.807, 2.05) is 11.0 Å². The molecule has 40 heavy (non-hydrogen) atoms. The molecule has 2 aromatic carbocycles. The molecule has 204 valence electrons. The summed E-state index contributed by atoms with van der Waals surface area (Å²) in [5.74, 6) is -2.35. The van der Waals surface area contributed by atoms with Gasteiger partial charge in [0.1, 0.15) is 23.5 Å². The van der Waals surface area contributed by atoms with Crippen molar-refractivity contribution in [2.24, 2.45) is 5.73 Å². The number of nitrogens with one attached hydrogen (secondary N) is 2. The first kappa shape index (κ1) is 26.6. The monoisotopic (exact) mass is 545 g/mol. The number of hydrogen-bond acceptors (Lipinski definition) is 7. The van der Waals surface area contributed by atoms with Crippen LogP contribution < -0.4 is 21.5 Å². The maximum Gasteiger partial charge on any atom is 0.345 e. The van der Waals surface area contributed by atoms with Crippen molar-refractivity contribution in [2.75, 3.05) is 18.0 Å². The van der Waals surface area contributed by atoms with Crippen LogP contribution in [-0.4, -0.2) is 45.7 Å². The van der Waals surface area contributed by atoms with Gasteiger partial charge in [0.2, 0.25) is 5.91 Å². The molecule has 2 amide bonds. The molecular formula is C28H25F2N7O3. The fourth-order valence-electron chi connectivity index (χ4n) is 4.96. The highest BCUT2D eigenvalue weighted by Gasteiger charge is 2.28. The number of hydrazine groups is 1. The number of aromatic hydroxyl groups is 1. The normalized spacial score (nSPS) is 13.7. The van der Waals surface area contributed by atoms with E-state index in [4.69, 9.17) is 5.73 Å². The predicted molar refractivity (Wildman–Crippen MR) is 144 cm³/mol. The van der Waals surface area contributed by atoms with Crippen molar-refractivity contribution in [1.82, 2.24) is 20.4 Å². The van der Waals surface area contributed by atoms with Crippen molar-refractivity contribution < 1.29 is 23.5 Å². The molecule has 1 aliphatic rings. The van der Waals surface area contributed by atoms with Crippen molar-refractivity contribution in [3.8, 4) is 34.1 Å². The minimum Gasteiger partial charge on any atom is -0.506 e. The molecule has 1 fully saturated rings. The van der Waals surface area contributed by atoms with Crippen molar-refractivity contribution in [2.45, 2.75) is 25.8 Å². The Morgan fingerprint density at radius 2 is 1.80 bits per heavy atom. The van der Waals surface area contributed by atoms with Crippen LogP contribution in [0.1, 0.15) is 25.3 Å². The minimum absolute atomic E-state index is 0.0166. The Hall–Kier alpha value is -5.02. The van der Waals surface area contributed by atoms with Crippen LogP contribution in [0.25, 0.3) is 33.3 Å². The van der Waals surface area contributed by atoms with E-state index in [0.717, 1.165) is 10.6 Å². The Morgan fingerprint density at radius 1 is 1.10 bits per heavy atom. The first-order valence-corrected chi connectivity index (χ1v) is 12.5. The van der Waals surface area contributed by atoms with Crippen molar-refractivity contribution in [3.63, 3.8) is 0 Å². The summed E-state index contributed by atoms with van der Waals surface area (Å²) in [6.07, 6.45) is 4.15. The van der Waals surface area contributed by atoms with Crippen molar-refractivity contribution >= 4 is 28.7 Å². The third kappa shape index (κ3) is 4.90. The average molecular weight is 546 g/mol. The molecule has 5 N–H and O–H groups in total. The molecule has 5 rings (SSSR count). The highest BCUT2D eigenvalue weighted by atomic mass is 19.1. The van der Waals surface area contributed by atoms with Gasteiger partial charge in [-0.1, -0.05) is 12.1 Å². The average Bonchev–Trinajstić information content (AvgIpc) is 3.31. The number of phenols is 1. The number of hydrogen-bond donors (Lipinski definition) is 4. The number of anilines is 1. The number of piperidine rings is 1. The topological polar surface area (TPSA) is 149 Å². The number of benzene rings is 2. The number of carbonyl (C=O) groups excluding carboxylic acids is 2. The summed E-state index contributed by atoms with van der Waals surface area (Å²) in [4.78, 5) is 31.1. The number of pyridine rings is 1. The van der Waals surface area contributed by atoms with Gasteiger partial charge in [0.15, 0.2) is 5.65 Å². The molecule has 4 aromatic rings. The molecular weight excluding hydrogens is 520 g/mol. The van der Waals surface area contributed by atoms with E-state index < -0.39 is 23.6 Å². The third-order valence-electron chi connectivity index (χ3n) is 6.83. The molecule has 0 unspecified atom stereocenters. The van der Waals surface area contributed by atoms with Crippen LogP contribution in [0.4, 0.5) is 19.3 Å². The molecule has 0 saturated carbocycles. The van der Waals surface area contributed by atoms with Crippen LogP contribution in [0.2, 0.25) is 0 Å². The second kappa shape index (κ2) is 10.6. The highest BCUT2D eigenvalue weighted by Crippen LogP contribution is 2.45. The first-order chi connectivity index (χ1) is 19.2. The van der Waals surface area contributed by atoms with Crippen LogP contribution in [0.15, 0.2) is 48.8 Å². The first-order valence-electron chi connectivity index (χ1n) is 12.5. The van der Waals surface area contributed by atoms with Crippen LogP contribution in [0.3, 0.4) is 0 Å². The van der Waals surface area contributed by atoms with Gasteiger partial charge in [0.05, 0.1) is 16.6 Å². The van der Waals surface area contributed by atoms with E-state index in [1.165, 1.54) is 37.5 Å². The zero-order valence-corrected chi connectivity index (χ0v) is 21.4. The molecule has 2 aromatic heterocycles. The summed E-state index contributed by atoms with van der Waals surface area (Å²) in [6.45, 7) is 2.25. The lowest BCUT2D eigenvalue weighted by molar-refractivity contribution is -0.119. The van der Waals surface area contributed by atoms with Gasteiger partial charge in [-0.2, -0.15) is 5.26 Å². The Kier molecular flexibility index (Phi) is 7.06. The van der Waals surface area contributed by atoms with Gasteiger partial charge in [-0.05, 0) is 36.6 Å². The van der Waals surface area contributed by atoms with Gasteiger partial charge < -0.3 is 15.7 Å². The number of aromatic nitrogens is 2. The summed E-state index contributed by atoms with van der Waals surface area (Å²) >= 11 is 0. The second-order valence-corrected chi connectivity index (χ2v) is 9.54. The van der Waals surface area contributed by atoms with Gasteiger partial charge in [0.25, 0.3) is 0 Å². The molecule has 1 aliphatic heterocycles. The number of nitriles is 1. The Bertz CT molecular complexity index is 1670. The lowest BCUT2D eigenvalue weighted by Gasteiger charge is -2.34. The smallest absolute Gasteiger partial charge is 0.345 e. The Labute approximate surface area is 227 Å². The molecule has 3 heterocycles. The van der Waals surface area contributed by atoms with E-state index in [-0.39, 0.29) is 34.1 Å². The number of phenolic OH excluding ortho intramolecular Hbond substituents is 1. The van der Waals surface area contributed by atoms with Crippen LogP contribution in [0, 0.1) is 23.0 Å². The molecule has 10 nitrogen and oxygen atoms in total. The van der Waals surface area contributed by atoms with Crippen LogP contribution in [-0.2, 0) is 4.79 Å². The molecule has 0 spiro atoms. The number of amides is 2. The third-order valence-corrected chi connectivity index (χ3v) is 6.83. The van der Waals surface area contributed by atoms with Gasteiger partial charge in [0, 0.05) is 61.2 Å². The number of nitrogens with zero attached hydrogens (tertiary/aromatic N) is 4. The second-order valence-electron chi connectivity index (χ2n) is 9.54. The fraction of sp³-hybridized carbons (Fsp3) is 0.214. The Balaban J connectivity index is 1.86. The summed E-state index contributed by atoms with van der Waals surface area (Å²) in [7, 11) is 0. The summed E-state index contributed by atoms with van der Waals surface area (Å²) < 4.78 is 29.9. The maximum absolute atomic E-state index is 14.3. The number of halogens is 2. The summed E-state index contributed by atoms with van der Waals surface area (Å²) in [6, 6.07) is 8.97. The Morgan fingerprint density at radius 3 is 2.45 bits per heavy atom. The predicted octanol–water partition coefficient (Wildman–Crippen LogP) is 3.76. The molecule has 0 aliphatic carbocycles. The number of rotatable bonds is 3. The van der Waals surface area contributed by atoms with Gasteiger partial charge >= 0.3 is 6.03 Å². The van der Waals surface area contributed by atoms with Crippen molar-refractivity contribution in [3.05, 3.63) is 66.0 Å². The number of carbonyl (C=O) groups is 2. The van der Waals surface area contributed by atoms with E-state index in [1.54, 1.807) is 12.1 Å². The highest BCUT2D eigenvalue weighted by molar-refractivity contribution is 6.11. The number of para-hydroxylation sites is 1. The SMILES string of the molecule is CC(=O)NNC(=O)n1cc(-c2cccc(C#N)c2O)c2c(N3CCC(N)CC3)c(-c3cc(F)cc(F)c3)cnc21. The number of fused-ring (bicyclic) bond motifs is 1. The molecule has 12 heteroatoms. The van der Waals surface area contributed by atoms with Crippen molar-refractivity contribution in [1.29, 1.82) is 5.26 Å². The zero-order chi connectivity index (χ0) is 28.6. The standard InChI is InChI=1S/C28H25F2N7O3/c1-15(38)34-35-28(40)37-14-23(21-4-2-3-16(12-31)26(21)39)24-25(36-7-5-20(32)6-8-36)22(13-33-27(24)37)17-9-18(29)11-19(30)10-17/h2-4,9-11,13-14,20,39H,5-8,32H2,1H3,(H,34,38)(H,35,40). The maximum atomic E-state index is 14.3. The molecule has 0 radical (unpaired) electrons. The molecule has 1 saturated heterocycles. The van der Waals surface area contributed by atoms with Gasteiger partial charge in [-0.25, -0.2) is 24.0 Å². The molecule has 0 bridgehead atoms. The summed E-state index contributed by atoms with van der Waals surface area (Å²) in [5, 5.41) is 20.9. The number of nitrogens with two attached hydrogens (primary N) is 1. The largest absolute Gasteiger partial charge is 0.506 e. The quantitative estimate of drug-likeness (QED) is 0.286. The lowest BCUT2D eigenvalue weighted by Crippen LogP contribution is -2.42. The van der Waals surface area contributed by atoms with E-state index in [9.17, 15) is 28.7 Å². The van der Waals surface area contributed by atoms with Crippen LogP contribution in [0.5, 0.6) is 5.75 Å². The van der Waals surface area contributed by atoms with E-state index >= 15 is 0 Å². The summed E-state index contributed by atoms with van der Waals surface area (Å²) in [5.41, 5.74) is 12.6. The zero-order valence-electron chi connectivity index (χ0n) is 21.4. The minimum atomic E-state index is -0.770. The van der Waals surface area contributed by atoms with Crippen LogP contribution >= 0.6 is 0 Å².